The molecule has 0 aromatic carbocycles. The summed E-state index contributed by atoms with van der Waals surface area (Å²) in [5.74, 6) is -0.0388. The van der Waals surface area contributed by atoms with Gasteiger partial charge in [0.05, 0.1) is 4.88 Å². The number of hydrogen-bond acceptors (Lipinski definition) is 3. The zero-order valence-corrected chi connectivity index (χ0v) is 13.0. The predicted molar refractivity (Wildman–Crippen MR) is 83.1 cm³/mol. The van der Waals surface area contributed by atoms with Gasteiger partial charge in [-0.25, -0.2) is 0 Å². The molecule has 1 atom stereocenters. The Labute approximate surface area is 123 Å². The number of carbonyl (C=O) groups excluding carboxylic acids is 1. The summed E-state index contributed by atoms with van der Waals surface area (Å²) < 4.78 is 1.81. The highest BCUT2D eigenvalue weighted by Crippen LogP contribution is 2.24. The lowest BCUT2D eigenvalue weighted by atomic mass is 10.2. The van der Waals surface area contributed by atoms with Crippen molar-refractivity contribution in [3.63, 3.8) is 0 Å². The quantitative estimate of drug-likeness (QED) is 0.884. The lowest BCUT2D eigenvalue weighted by Gasteiger charge is -2.12. The molecule has 0 saturated carbocycles. The maximum absolute atomic E-state index is 12.3. The summed E-state index contributed by atoms with van der Waals surface area (Å²) in [5.41, 5.74) is 1.53. The monoisotopic (exact) mass is 291 g/mol. The molecule has 0 saturated heterocycles. The van der Waals surface area contributed by atoms with Crippen LogP contribution in [0.4, 0.5) is 0 Å². The maximum Gasteiger partial charge on any atom is 0.269 e. The number of thiophene rings is 1. The molecule has 1 N–H and O–H groups in total. The van der Waals surface area contributed by atoms with Crippen molar-refractivity contribution in [3.8, 4) is 10.6 Å². The minimum atomic E-state index is -0.0388. The molecule has 2 heterocycles. The molecule has 0 aliphatic rings. The van der Waals surface area contributed by atoms with Gasteiger partial charge in [0.1, 0.15) is 11.4 Å². The fraction of sp³-hybridized carbons (Fsp3) is 0.467. The van der Waals surface area contributed by atoms with Crippen molar-refractivity contribution in [3.05, 3.63) is 29.3 Å². The van der Waals surface area contributed by atoms with Gasteiger partial charge >= 0.3 is 0 Å². The van der Waals surface area contributed by atoms with Gasteiger partial charge in [-0.15, -0.1) is 11.3 Å². The Balaban J connectivity index is 2.28. The van der Waals surface area contributed by atoms with Gasteiger partial charge in [-0.05, 0) is 37.3 Å². The molecule has 0 radical (unpaired) electrons. The zero-order valence-electron chi connectivity index (χ0n) is 12.2. The van der Waals surface area contributed by atoms with Crippen LogP contribution in [-0.2, 0) is 6.54 Å². The Morgan fingerprint density at radius 1 is 1.50 bits per heavy atom. The van der Waals surface area contributed by atoms with E-state index in [9.17, 15) is 4.79 Å². The number of nitrogens with one attached hydrogen (secondary N) is 1. The summed E-state index contributed by atoms with van der Waals surface area (Å²) >= 11 is 1.64. The molecule has 2 aromatic heterocycles. The smallest absolute Gasteiger partial charge is 0.269 e. The Hall–Kier alpha value is -1.62. The van der Waals surface area contributed by atoms with E-state index in [-0.39, 0.29) is 11.9 Å². The normalized spacial score (nSPS) is 12.3. The van der Waals surface area contributed by atoms with Gasteiger partial charge in [-0.1, -0.05) is 19.9 Å². The van der Waals surface area contributed by atoms with Gasteiger partial charge in [0.25, 0.3) is 5.91 Å². The molecule has 20 heavy (non-hydrogen) atoms. The first-order valence-corrected chi connectivity index (χ1v) is 7.96. The molecule has 1 amide bonds. The van der Waals surface area contributed by atoms with Crippen LogP contribution >= 0.6 is 11.3 Å². The summed E-state index contributed by atoms with van der Waals surface area (Å²) in [6.45, 7) is 6.92. The third kappa shape index (κ3) is 3.28. The molecule has 2 aromatic rings. The van der Waals surface area contributed by atoms with Crippen LogP contribution in [-0.4, -0.2) is 21.7 Å². The Bertz CT molecular complexity index is 560. The van der Waals surface area contributed by atoms with E-state index in [4.69, 9.17) is 0 Å². The lowest BCUT2D eigenvalue weighted by molar-refractivity contribution is 0.0928. The Morgan fingerprint density at radius 2 is 2.30 bits per heavy atom. The molecule has 0 aliphatic carbocycles. The van der Waals surface area contributed by atoms with Crippen molar-refractivity contribution in [2.45, 2.75) is 46.2 Å². The minimum Gasteiger partial charge on any atom is -0.348 e. The van der Waals surface area contributed by atoms with E-state index < -0.39 is 0 Å². The third-order valence-electron chi connectivity index (χ3n) is 3.21. The van der Waals surface area contributed by atoms with Crippen LogP contribution in [0.3, 0.4) is 0 Å². The highest BCUT2D eigenvalue weighted by Gasteiger charge is 2.17. The summed E-state index contributed by atoms with van der Waals surface area (Å²) in [4.78, 5) is 13.4. The number of aryl methyl sites for hydroxylation is 1. The molecule has 1 unspecified atom stereocenters. The summed E-state index contributed by atoms with van der Waals surface area (Å²) in [7, 11) is 0. The molecule has 5 heteroatoms. The Kier molecular flexibility index (Phi) is 4.95. The van der Waals surface area contributed by atoms with Crippen LogP contribution in [0, 0.1) is 0 Å². The predicted octanol–water partition coefficient (Wildman–Crippen LogP) is 3.55. The highest BCUT2D eigenvalue weighted by molar-refractivity contribution is 7.13. The first kappa shape index (κ1) is 14.8. The molecule has 108 valence electrons. The van der Waals surface area contributed by atoms with E-state index in [0.29, 0.717) is 5.69 Å². The van der Waals surface area contributed by atoms with Crippen LogP contribution < -0.4 is 5.32 Å². The topological polar surface area (TPSA) is 46.9 Å². The zero-order chi connectivity index (χ0) is 14.5. The first-order valence-electron chi connectivity index (χ1n) is 7.08. The standard InChI is InChI=1S/C15H21N3OS/c1-4-8-18-13(15(19)16-11(3)5-2)10-12(17-18)14-7-6-9-20-14/h6-7,9-11H,4-5,8H2,1-3H3,(H,16,19). The molecule has 0 aliphatic heterocycles. The molecule has 0 fully saturated rings. The molecule has 2 rings (SSSR count). The van der Waals surface area contributed by atoms with Crippen molar-refractivity contribution >= 4 is 17.2 Å². The van der Waals surface area contributed by atoms with Crippen molar-refractivity contribution in [1.82, 2.24) is 15.1 Å². The van der Waals surface area contributed by atoms with Gasteiger partial charge in [0, 0.05) is 12.6 Å². The van der Waals surface area contributed by atoms with E-state index in [1.165, 1.54) is 0 Å². The Morgan fingerprint density at radius 3 is 2.90 bits per heavy atom. The summed E-state index contributed by atoms with van der Waals surface area (Å²) in [6, 6.07) is 6.09. The van der Waals surface area contributed by atoms with Gasteiger partial charge in [0.15, 0.2) is 0 Å². The fourth-order valence-electron chi connectivity index (χ4n) is 1.93. The fourth-order valence-corrected chi connectivity index (χ4v) is 2.61. The molecular formula is C15H21N3OS. The summed E-state index contributed by atoms with van der Waals surface area (Å²) in [6.07, 6.45) is 1.88. The minimum absolute atomic E-state index is 0.0388. The van der Waals surface area contributed by atoms with E-state index >= 15 is 0 Å². The van der Waals surface area contributed by atoms with E-state index in [1.54, 1.807) is 11.3 Å². The van der Waals surface area contributed by atoms with Crippen molar-refractivity contribution in [2.75, 3.05) is 0 Å². The highest BCUT2D eigenvalue weighted by atomic mass is 32.1. The second-order valence-electron chi connectivity index (χ2n) is 4.90. The van der Waals surface area contributed by atoms with Gasteiger partial charge in [-0.3, -0.25) is 9.48 Å². The number of amides is 1. The van der Waals surface area contributed by atoms with Crippen LogP contribution in [0.25, 0.3) is 10.6 Å². The average Bonchev–Trinajstić information content (AvgIpc) is 3.07. The van der Waals surface area contributed by atoms with Gasteiger partial charge < -0.3 is 5.32 Å². The molecule has 0 bridgehead atoms. The number of rotatable bonds is 6. The van der Waals surface area contributed by atoms with Crippen LogP contribution in [0.2, 0.25) is 0 Å². The molecule has 4 nitrogen and oxygen atoms in total. The SMILES string of the molecule is CCCn1nc(-c2cccs2)cc1C(=O)NC(C)CC. The molecular weight excluding hydrogens is 270 g/mol. The van der Waals surface area contributed by atoms with E-state index in [2.05, 4.69) is 24.3 Å². The number of nitrogens with zero attached hydrogens (tertiary/aromatic N) is 2. The maximum atomic E-state index is 12.3. The van der Waals surface area contributed by atoms with Crippen LogP contribution in [0.1, 0.15) is 44.1 Å². The van der Waals surface area contributed by atoms with Crippen molar-refractivity contribution < 1.29 is 4.79 Å². The van der Waals surface area contributed by atoms with Crippen LogP contribution in [0.15, 0.2) is 23.6 Å². The van der Waals surface area contributed by atoms with Crippen molar-refractivity contribution in [1.29, 1.82) is 0 Å². The van der Waals surface area contributed by atoms with Gasteiger partial charge in [0.2, 0.25) is 0 Å². The second kappa shape index (κ2) is 6.70. The third-order valence-corrected chi connectivity index (χ3v) is 4.10. The van der Waals surface area contributed by atoms with E-state index in [0.717, 1.165) is 30.0 Å². The number of aromatic nitrogens is 2. The van der Waals surface area contributed by atoms with Crippen molar-refractivity contribution in [2.24, 2.45) is 0 Å². The summed E-state index contributed by atoms with van der Waals surface area (Å²) in [5, 5.41) is 9.59. The first-order chi connectivity index (χ1) is 9.65. The molecule has 0 spiro atoms. The van der Waals surface area contributed by atoms with Crippen LogP contribution in [0.5, 0.6) is 0 Å². The lowest BCUT2D eigenvalue weighted by Crippen LogP contribution is -2.33. The second-order valence-corrected chi connectivity index (χ2v) is 5.85. The number of carbonyl (C=O) groups is 1. The van der Waals surface area contributed by atoms with E-state index in [1.807, 2.05) is 35.2 Å². The largest absolute Gasteiger partial charge is 0.348 e. The van der Waals surface area contributed by atoms with Gasteiger partial charge in [-0.2, -0.15) is 5.10 Å². The average molecular weight is 291 g/mol. The number of hydrogen-bond donors (Lipinski definition) is 1.